The van der Waals surface area contributed by atoms with Gasteiger partial charge in [-0.25, -0.2) is 0 Å². The molecule has 0 saturated heterocycles. The minimum Gasteiger partial charge on any atom is -0.494 e. The maximum Gasteiger partial charge on any atom is 0.309 e. The van der Waals surface area contributed by atoms with Gasteiger partial charge in [0.15, 0.2) is 6.61 Å². The van der Waals surface area contributed by atoms with Crippen molar-refractivity contribution in [1.82, 2.24) is 4.90 Å². The smallest absolute Gasteiger partial charge is 0.309 e. The van der Waals surface area contributed by atoms with Crippen LogP contribution in [0.5, 0.6) is 11.5 Å². The fourth-order valence-electron chi connectivity index (χ4n) is 2.65. The number of hydrogen-bond acceptors (Lipinski definition) is 5. The number of amides is 1. The SMILES string of the molecule is CCOc1ccc(CN(C)C(=O)COC(=O)CCOc2cc(C)ccc2C)cc1. The van der Waals surface area contributed by atoms with Crippen molar-refractivity contribution in [1.29, 1.82) is 0 Å². The molecule has 2 aromatic rings. The van der Waals surface area contributed by atoms with E-state index in [0.717, 1.165) is 28.2 Å². The van der Waals surface area contributed by atoms with Crippen molar-refractivity contribution in [2.24, 2.45) is 0 Å². The second kappa shape index (κ2) is 11.1. The zero-order valence-electron chi connectivity index (χ0n) is 17.6. The van der Waals surface area contributed by atoms with E-state index in [2.05, 4.69) is 0 Å². The van der Waals surface area contributed by atoms with Gasteiger partial charge >= 0.3 is 5.97 Å². The largest absolute Gasteiger partial charge is 0.494 e. The van der Waals surface area contributed by atoms with Crippen LogP contribution in [0.15, 0.2) is 42.5 Å². The van der Waals surface area contributed by atoms with Crippen LogP contribution in [-0.2, 0) is 20.9 Å². The Labute approximate surface area is 172 Å². The first kappa shape index (κ1) is 22.3. The number of esters is 1. The molecule has 29 heavy (non-hydrogen) atoms. The molecule has 0 spiro atoms. The lowest BCUT2D eigenvalue weighted by Crippen LogP contribution is -2.31. The molecule has 0 unspecified atom stereocenters. The van der Waals surface area contributed by atoms with Gasteiger partial charge < -0.3 is 19.1 Å². The summed E-state index contributed by atoms with van der Waals surface area (Å²) in [4.78, 5) is 25.6. The molecular formula is C23H29NO5. The van der Waals surface area contributed by atoms with Crippen LogP contribution >= 0.6 is 0 Å². The van der Waals surface area contributed by atoms with Gasteiger partial charge in [0.25, 0.3) is 5.91 Å². The lowest BCUT2D eigenvalue weighted by molar-refractivity contribution is -0.152. The molecule has 0 fully saturated rings. The molecule has 2 rings (SSSR count). The summed E-state index contributed by atoms with van der Waals surface area (Å²) in [5.74, 6) is 0.826. The Balaban J connectivity index is 1.70. The number of ether oxygens (including phenoxy) is 3. The quantitative estimate of drug-likeness (QED) is 0.571. The lowest BCUT2D eigenvalue weighted by Gasteiger charge is -2.17. The zero-order valence-corrected chi connectivity index (χ0v) is 17.6. The van der Waals surface area contributed by atoms with Crippen molar-refractivity contribution in [2.45, 2.75) is 33.7 Å². The Morgan fingerprint density at radius 2 is 1.72 bits per heavy atom. The summed E-state index contributed by atoms with van der Waals surface area (Å²) in [6, 6.07) is 13.5. The van der Waals surface area contributed by atoms with E-state index in [1.165, 1.54) is 4.90 Å². The summed E-state index contributed by atoms with van der Waals surface area (Å²) in [6.45, 7) is 6.83. The van der Waals surface area contributed by atoms with Crippen LogP contribution in [-0.4, -0.2) is 43.6 Å². The standard InChI is InChI=1S/C23H29NO5/c1-5-27-20-10-8-19(9-11-20)15-24(4)22(25)16-29-23(26)12-13-28-21-14-17(2)6-7-18(21)3/h6-11,14H,5,12-13,15-16H2,1-4H3. The van der Waals surface area contributed by atoms with Crippen molar-refractivity contribution in [2.75, 3.05) is 26.9 Å². The molecular weight excluding hydrogens is 370 g/mol. The molecule has 0 aliphatic rings. The molecule has 0 aromatic heterocycles. The third-order valence-electron chi connectivity index (χ3n) is 4.34. The van der Waals surface area contributed by atoms with E-state index in [1.807, 2.05) is 63.2 Å². The van der Waals surface area contributed by atoms with Gasteiger partial charge in [0, 0.05) is 13.6 Å². The van der Waals surface area contributed by atoms with E-state index >= 15 is 0 Å². The zero-order chi connectivity index (χ0) is 21.2. The third kappa shape index (κ3) is 7.49. The first-order valence-electron chi connectivity index (χ1n) is 9.70. The Morgan fingerprint density at radius 3 is 2.41 bits per heavy atom. The Kier molecular flexibility index (Phi) is 8.52. The third-order valence-corrected chi connectivity index (χ3v) is 4.34. The Hall–Kier alpha value is -3.02. The van der Waals surface area contributed by atoms with Crippen molar-refractivity contribution in [3.63, 3.8) is 0 Å². The second-order valence-corrected chi connectivity index (χ2v) is 6.85. The number of aryl methyl sites for hydroxylation is 2. The summed E-state index contributed by atoms with van der Waals surface area (Å²) in [7, 11) is 1.68. The number of carbonyl (C=O) groups is 2. The number of rotatable bonds is 10. The second-order valence-electron chi connectivity index (χ2n) is 6.85. The number of carbonyl (C=O) groups excluding carboxylic acids is 2. The summed E-state index contributed by atoms with van der Waals surface area (Å²) in [5, 5.41) is 0. The highest BCUT2D eigenvalue weighted by atomic mass is 16.5. The normalized spacial score (nSPS) is 10.3. The highest BCUT2D eigenvalue weighted by molar-refractivity contribution is 5.80. The van der Waals surface area contributed by atoms with E-state index in [1.54, 1.807) is 7.05 Å². The maximum atomic E-state index is 12.2. The van der Waals surface area contributed by atoms with E-state index in [-0.39, 0.29) is 25.5 Å². The summed E-state index contributed by atoms with van der Waals surface area (Å²) < 4.78 is 16.1. The van der Waals surface area contributed by atoms with E-state index in [9.17, 15) is 9.59 Å². The van der Waals surface area contributed by atoms with Crippen LogP contribution in [0.2, 0.25) is 0 Å². The molecule has 1 amide bonds. The Morgan fingerprint density at radius 1 is 1.00 bits per heavy atom. The summed E-state index contributed by atoms with van der Waals surface area (Å²) in [6.07, 6.45) is 0.0866. The molecule has 6 nitrogen and oxygen atoms in total. The fourth-order valence-corrected chi connectivity index (χ4v) is 2.65. The van der Waals surface area contributed by atoms with E-state index < -0.39 is 5.97 Å². The van der Waals surface area contributed by atoms with Crippen LogP contribution in [0.1, 0.15) is 30.0 Å². The molecule has 0 radical (unpaired) electrons. The van der Waals surface area contributed by atoms with Crippen LogP contribution in [0.4, 0.5) is 0 Å². The van der Waals surface area contributed by atoms with Gasteiger partial charge in [-0.15, -0.1) is 0 Å². The highest BCUT2D eigenvalue weighted by Crippen LogP contribution is 2.19. The lowest BCUT2D eigenvalue weighted by atomic mass is 10.1. The van der Waals surface area contributed by atoms with Crippen molar-refractivity contribution in [3.05, 3.63) is 59.2 Å². The van der Waals surface area contributed by atoms with Crippen LogP contribution in [0.25, 0.3) is 0 Å². The average molecular weight is 399 g/mol. The van der Waals surface area contributed by atoms with E-state index in [4.69, 9.17) is 14.2 Å². The monoisotopic (exact) mass is 399 g/mol. The molecule has 156 valence electrons. The van der Waals surface area contributed by atoms with Crippen LogP contribution < -0.4 is 9.47 Å². The van der Waals surface area contributed by atoms with Crippen molar-refractivity contribution in [3.8, 4) is 11.5 Å². The number of likely N-dealkylation sites (N-methyl/N-ethyl adjacent to an activating group) is 1. The minimum absolute atomic E-state index is 0.0866. The predicted molar refractivity (Wildman–Crippen MR) is 111 cm³/mol. The molecule has 0 bridgehead atoms. The molecule has 0 heterocycles. The molecule has 2 aromatic carbocycles. The van der Waals surface area contributed by atoms with Crippen LogP contribution in [0.3, 0.4) is 0 Å². The van der Waals surface area contributed by atoms with Gasteiger partial charge in [-0.1, -0.05) is 24.3 Å². The maximum absolute atomic E-state index is 12.2. The van der Waals surface area contributed by atoms with Gasteiger partial charge in [-0.3, -0.25) is 9.59 Å². The molecule has 0 atom stereocenters. The van der Waals surface area contributed by atoms with Gasteiger partial charge in [-0.2, -0.15) is 0 Å². The average Bonchev–Trinajstić information content (AvgIpc) is 2.70. The molecule has 0 saturated carbocycles. The van der Waals surface area contributed by atoms with Gasteiger partial charge in [0.2, 0.25) is 0 Å². The Bertz CT molecular complexity index is 817. The first-order chi connectivity index (χ1) is 13.9. The summed E-state index contributed by atoms with van der Waals surface area (Å²) in [5.41, 5.74) is 3.07. The molecule has 0 N–H and O–H groups in total. The highest BCUT2D eigenvalue weighted by Gasteiger charge is 2.13. The van der Waals surface area contributed by atoms with Gasteiger partial charge in [-0.05, 0) is 55.7 Å². The van der Waals surface area contributed by atoms with Crippen molar-refractivity contribution < 1.29 is 23.8 Å². The van der Waals surface area contributed by atoms with Gasteiger partial charge in [0.05, 0.1) is 19.6 Å². The number of nitrogens with zero attached hydrogens (tertiary/aromatic N) is 1. The molecule has 0 aliphatic carbocycles. The van der Waals surface area contributed by atoms with Crippen LogP contribution in [0, 0.1) is 13.8 Å². The fraction of sp³-hybridized carbons (Fsp3) is 0.391. The van der Waals surface area contributed by atoms with Crippen molar-refractivity contribution >= 4 is 11.9 Å². The molecule has 6 heteroatoms. The predicted octanol–water partition coefficient (Wildman–Crippen LogP) is 3.67. The first-order valence-corrected chi connectivity index (χ1v) is 9.70. The number of hydrogen-bond donors (Lipinski definition) is 0. The minimum atomic E-state index is -0.460. The molecule has 0 aliphatic heterocycles. The summed E-state index contributed by atoms with van der Waals surface area (Å²) >= 11 is 0. The van der Waals surface area contributed by atoms with E-state index in [0.29, 0.717) is 13.2 Å². The van der Waals surface area contributed by atoms with Gasteiger partial charge in [0.1, 0.15) is 11.5 Å². The number of benzene rings is 2. The topological polar surface area (TPSA) is 65.1 Å².